The van der Waals surface area contributed by atoms with Gasteiger partial charge in [-0.1, -0.05) is 24.8 Å². The highest BCUT2D eigenvalue weighted by molar-refractivity contribution is 6.02. The molecule has 0 spiro atoms. The summed E-state index contributed by atoms with van der Waals surface area (Å²) >= 11 is 0. The van der Waals surface area contributed by atoms with Gasteiger partial charge in [-0.05, 0) is 98.2 Å². The zero-order chi connectivity index (χ0) is 38.4. The molecule has 0 saturated carbocycles. The van der Waals surface area contributed by atoms with E-state index in [1.54, 1.807) is 18.2 Å². The Morgan fingerprint density at radius 1 is 0.811 bits per heavy atom. The molecule has 3 aromatic heterocycles. The van der Waals surface area contributed by atoms with Crippen LogP contribution in [0.3, 0.4) is 0 Å². The Morgan fingerprint density at radius 3 is 2.04 bits per heavy atom. The Bertz CT molecular complexity index is 2370. The molecule has 0 radical (unpaired) electrons. The second-order valence-corrected chi connectivity index (χ2v) is 13.5. The van der Waals surface area contributed by atoms with Crippen molar-refractivity contribution in [2.45, 2.75) is 58.8 Å². The number of aromatic amines is 2. The van der Waals surface area contributed by atoms with Crippen LogP contribution >= 0.6 is 0 Å². The molecule has 8 bridgehead atoms. The van der Waals surface area contributed by atoms with Crippen molar-refractivity contribution >= 4 is 62.7 Å². The smallest absolute Gasteiger partial charge is 0.334 e. The summed E-state index contributed by atoms with van der Waals surface area (Å²) in [6, 6.07) is 7.59. The van der Waals surface area contributed by atoms with Crippen LogP contribution in [0.25, 0.3) is 38.8 Å². The van der Waals surface area contributed by atoms with E-state index in [9.17, 15) is 24.3 Å². The lowest BCUT2D eigenvalue weighted by molar-refractivity contribution is -0.149. The summed E-state index contributed by atoms with van der Waals surface area (Å²) in [5, 5.41) is 9.68. The fourth-order valence-corrected chi connectivity index (χ4v) is 7.69. The monoisotopic (exact) mass is 718 g/mol. The fraction of sp³-hybridized carbons (Fsp3) is 0.317. The van der Waals surface area contributed by atoms with E-state index in [2.05, 4.69) is 16.5 Å². The summed E-state index contributed by atoms with van der Waals surface area (Å²) in [5.74, 6) is -3.68. The van der Waals surface area contributed by atoms with Crippen molar-refractivity contribution in [3.05, 3.63) is 99.7 Å². The summed E-state index contributed by atoms with van der Waals surface area (Å²) in [7, 11) is 3.89. The number of carbonyl (C=O) groups is 4. The lowest BCUT2D eigenvalue weighted by atomic mass is 9.64. The predicted octanol–water partition coefficient (Wildman–Crippen LogP) is 6.41. The van der Waals surface area contributed by atoms with Crippen LogP contribution in [0.2, 0.25) is 0 Å². The van der Waals surface area contributed by atoms with Crippen LogP contribution in [-0.2, 0) is 51.6 Å². The minimum Gasteiger partial charge on any atom is -0.481 e. The summed E-state index contributed by atoms with van der Waals surface area (Å²) in [6.07, 6.45) is 5.80. The van der Waals surface area contributed by atoms with Gasteiger partial charge in [-0.3, -0.25) is 19.4 Å². The molecule has 3 N–H and O–H groups in total. The molecule has 3 aliphatic rings. The average molecular weight is 719 g/mol. The zero-order valence-electron chi connectivity index (χ0n) is 30.9. The zero-order valence-corrected chi connectivity index (χ0v) is 30.9. The number of carbonyl (C=O) groups excluding carboxylic acids is 3. The molecule has 1 aliphatic carbocycles. The second-order valence-electron chi connectivity index (χ2n) is 13.5. The maximum absolute atomic E-state index is 13.7. The number of aromatic nitrogens is 4. The second kappa shape index (κ2) is 14.2. The number of rotatable bonds is 9. The maximum Gasteiger partial charge on any atom is 0.334 e. The number of carboxylic acids is 1. The number of H-pyrrole nitrogens is 2. The van der Waals surface area contributed by atoms with E-state index in [4.69, 9.17) is 24.2 Å². The van der Waals surface area contributed by atoms with E-state index in [-0.39, 0.29) is 30.8 Å². The largest absolute Gasteiger partial charge is 0.481 e. The molecule has 5 heterocycles. The minimum absolute atomic E-state index is 0.110. The average Bonchev–Trinajstić information content (AvgIpc) is 3.79. The molecule has 6 rings (SSSR count). The number of carboxylic acid groups (broad SMARTS) is 1. The quantitative estimate of drug-likeness (QED) is 0.166. The molecule has 2 aliphatic heterocycles. The number of hydrogen-bond acceptors (Lipinski definition) is 9. The molecule has 0 aromatic carbocycles. The van der Waals surface area contributed by atoms with Gasteiger partial charge in [0, 0.05) is 40.5 Å². The number of nitrogens with one attached hydrogen (secondary N) is 2. The number of methoxy groups -OCH3 is 3. The normalized spacial score (nSPS) is 17.8. The first-order chi connectivity index (χ1) is 25.3. The van der Waals surface area contributed by atoms with Crippen LogP contribution in [0, 0.1) is 19.8 Å². The molecular formula is C41H42N4O8. The number of aryl methyl sites for hydroxylation is 4. The summed E-state index contributed by atoms with van der Waals surface area (Å²) in [5.41, 5.74) is 9.92. The van der Waals surface area contributed by atoms with Crippen LogP contribution < -0.4 is 0 Å². The highest BCUT2D eigenvalue weighted by Crippen LogP contribution is 2.52. The SMILES string of the molecule is C=CC1=C(C)c2cc3nc(cc4[nH]c(cc5[nH]c(cc1n2)c(C)c5CCC(=O)OC)c(CCC(=O)O)c4C)C1(C)C3=CC=C(C(=O)OC)[C@H]1C(=O)OC. The number of ether oxygens (including phenoxy) is 3. The minimum atomic E-state index is -1.18. The molecule has 53 heavy (non-hydrogen) atoms. The van der Waals surface area contributed by atoms with Crippen LogP contribution in [-0.4, -0.2) is 70.2 Å². The van der Waals surface area contributed by atoms with Crippen molar-refractivity contribution in [1.82, 2.24) is 19.9 Å². The van der Waals surface area contributed by atoms with Crippen molar-refractivity contribution in [2.24, 2.45) is 5.92 Å². The maximum atomic E-state index is 13.7. The van der Waals surface area contributed by atoms with Crippen molar-refractivity contribution in [2.75, 3.05) is 21.3 Å². The summed E-state index contributed by atoms with van der Waals surface area (Å²) < 4.78 is 15.3. The summed E-state index contributed by atoms with van der Waals surface area (Å²) in [6.45, 7) is 11.8. The number of fused-ring (bicyclic) bond motifs is 11. The number of aliphatic carboxylic acids is 1. The Labute approximate surface area is 306 Å². The van der Waals surface area contributed by atoms with Gasteiger partial charge in [-0.25, -0.2) is 9.78 Å². The molecule has 1 unspecified atom stereocenters. The van der Waals surface area contributed by atoms with Gasteiger partial charge < -0.3 is 29.3 Å². The lowest BCUT2D eigenvalue weighted by Crippen LogP contribution is -2.42. The van der Waals surface area contributed by atoms with Crippen molar-refractivity contribution in [3.63, 3.8) is 0 Å². The molecule has 0 saturated heterocycles. The topological polar surface area (TPSA) is 174 Å². The molecule has 2 atom stereocenters. The van der Waals surface area contributed by atoms with E-state index in [1.165, 1.54) is 21.3 Å². The Morgan fingerprint density at radius 2 is 1.45 bits per heavy atom. The third-order valence-electron chi connectivity index (χ3n) is 10.7. The molecular weight excluding hydrogens is 676 g/mol. The highest BCUT2D eigenvalue weighted by atomic mass is 16.5. The first-order valence-corrected chi connectivity index (χ1v) is 17.2. The van der Waals surface area contributed by atoms with Crippen molar-refractivity contribution in [1.29, 1.82) is 0 Å². The Balaban J connectivity index is 1.78. The van der Waals surface area contributed by atoms with Crippen molar-refractivity contribution < 1.29 is 38.5 Å². The molecule has 12 heteroatoms. The first kappa shape index (κ1) is 36.7. The van der Waals surface area contributed by atoms with Gasteiger partial charge in [-0.2, -0.15) is 0 Å². The molecule has 0 amide bonds. The number of allylic oxidation sites excluding steroid dienone is 6. The number of hydrogen-bond donors (Lipinski definition) is 3. The van der Waals surface area contributed by atoms with Gasteiger partial charge in [-0.15, -0.1) is 0 Å². The van der Waals surface area contributed by atoms with Gasteiger partial charge in [0.2, 0.25) is 0 Å². The van der Waals surface area contributed by atoms with Crippen LogP contribution in [0.4, 0.5) is 0 Å². The Hall–Kier alpha value is -6.04. The van der Waals surface area contributed by atoms with Gasteiger partial charge in [0.1, 0.15) is 5.92 Å². The number of esters is 3. The van der Waals surface area contributed by atoms with E-state index in [0.717, 1.165) is 44.4 Å². The van der Waals surface area contributed by atoms with Gasteiger partial charge in [0.25, 0.3) is 0 Å². The molecule has 3 aromatic rings. The summed E-state index contributed by atoms with van der Waals surface area (Å²) in [4.78, 5) is 68.1. The van der Waals surface area contributed by atoms with E-state index in [0.29, 0.717) is 45.8 Å². The van der Waals surface area contributed by atoms with Gasteiger partial charge in [0.05, 0.1) is 55.1 Å². The number of nitrogens with zero attached hydrogens (tertiary/aromatic N) is 2. The lowest BCUT2D eigenvalue weighted by Gasteiger charge is -2.36. The third-order valence-corrected chi connectivity index (χ3v) is 10.7. The van der Waals surface area contributed by atoms with E-state index < -0.39 is 29.2 Å². The van der Waals surface area contributed by atoms with E-state index in [1.807, 2.05) is 52.0 Å². The molecule has 12 nitrogen and oxygen atoms in total. The first-order valence-electron chi connectivity index (χ1n) is 17.2. The molecule has 0 fully saturated rings. The Kier molecular flexibility index (Phi) is 9.83. The highest BCUT2D eigenvalue weighted by Gasteiger charge is 2.53. The van der Waals surface area contributed by atoms with Gasteiger partial charge >= 0.3 is 23.9 Å². The standard InChI is InChI=1S/C41H42N4O8/c1-9-23-20(2)29-17-34-27-13-10-26(39(49)52-7)38(40(50)53-8)41(27,5)35(45-34)19-30-22(4)24(11-14-36(46)47)32(44-30)18-33-25(12-15-37(48)51-6)21(3)28(43-33)16-31(23)42-29/h9-10,13,16-19,38,43-44H,1,11-12,14-15H2,2-8H3,(H,46,47)/t38-,41?/m0/s1. The van der Waals surface area contributed by atoms with Crippen LogP contribution in [0.1, 0.15) is 71.7 Å². The van der Waals surface area contributed by atoms with Crippen LogP contribution in [0.5, 0.6) is 0 Å². The van der Waals surface area contributed by atoms with E-state index >= 15 is 0 Å². The third kappa shape index (κ3) is 6.28. The molecule has 274 valence electrons. The fourth-order valence-electron chi connectivity index (χ4n) is 7.69. The predicted molar refractivity (Wildman–Crippen MR) is 200 cm³/mol. The van der Waals surface area contributed by atoms with Crippen molar-refractivity contribution in [3.8, 4) is 0 Å². The van der Waals surface area contributed by atoms with Crippen LogP contribution in [0.15, 0.2) is 54.6 Å². The van der Waals surface area contributed by atoms with Gasteiger partial charge in [0.15, 0.2) is 0 Å².